The standard InChI is InChI=1S/C12H14N4O2S/c1-2-16(10-5-7-14-8-6-10)19(17,18)11-3-4-12(13)15-9-11/h3-9H,2H2,1H3,(H2,13,15). The van der Waals surface area contributed by atoms with Crippen LogP contribution >= 0.6 is 0 Å². The molecule has 0 aromatic carbocycles. The number of nitrogens with zero attached hydrogens (tertiary/aromatic N) is 3. The molecule has 0 saturated heterocycles. The lowest BCUT2D eigenvalue weighted by Crippen LogP contribution is -2.30. The zero-order chi connectivity index (χ0) is 13.9. The van der Waals surface area contributed by atoms with Crippen LogP contribution in [0.5, 0.6) is 0 Å². The normalized spacial score (nSPS) is 11.2. The predicted octanol–water partition coefficient (Wildman–Crippen LogP) is 1.27. The van der Waals surface area contributed by atoms with Gasteiger partial charge in [-0.05, 0) is 31.2 Å². The molecule has 0 aliphatic carbocycles. The summed E-state index contributed by atoms with van der Waals surface area (Å²) in [5.41, 5.74) is 6.03. The highest BCUT2D eigenvalue weighted by molar-refractivity contribution is 7.92. The van der Waals surface area contributed by atoms with Crippen molar-refractivity contribution in [2.75, 3.05) is 16.6 Å². The van der Waals surface area contributed by atoms with E-state index in [1.54, 1.807) is 31.5 Å². The highest BCUT2D eigenvalue weighted by atomic mass is 32.2. The third-order valence-electron chi connectivity index (χ3n) is 2.59. The lowest BCUT2D eigenvalue weighted by molar-refractivity contribution is 0.591. The molecular weight excluding hydrogens is 264 g/mol. The van der Waals surface area contributed by atoms with E-state index in [0.29, 0.717) is 12.2 Å². The van der Waals surface area contributed by atoms with Crippen molar-refractivity contribution in [2.45, 2.75) is 11.8 Å². The Hall–Kier alpha value is -2.15. The van der Waals surface area contributed by atoms with E-state index in [1.807, 2.05) is 0 Å². The van der Waals surface area contributed by atoms with Gasteiger partial charge in [0.15, 0.2) is 0 Å². The van der Waals surface area contributed by atoms with Crippen LogP contribution in [-0.4, -0.2) is 24.9 Å². The number of hydrogen-bond donors (Lipinski definition) is 1. The lowest BCUT2D eigenvalue weighted by Gasteiger charge is -2.22. The Morgan fingerprint density at radius 1 is 1.21 bits per heavy atom. The number of anilines is 2. The Labute approximate surface area is 112 Å². The van der Waals surface area contributed by atoms with Crippen LogP contribution in [-0.2, 0) is 10.0 Å². The second-order valence-corrected chi connectivity index (χ2v) is 5.66. The molecule has 0 saturated carbocycles. The summed E-state index contributed by atoms with van der Waals surface area (Å²) in [6.45, 7) is 2.08. The van der Waals surface area contributed by atoms with Gasteiger partial charge in [-0.25, -0.2) is 13.4 Å². The van der Waals surface area contributed by atoms with Crippen molar-refractivity contribution in [2.24, 2.45) is 0 Å². The Kier molecular flexibility index (Phi) is 3.66. The zero-order valence-electron chi connectivity index (χ0n) is 10.4. The summed E-state index contributed by atoms with van der Waals surface area (Å²) in [6.07, 6.45) is 4.36. The maximum Gasteiger partial charge on any atom is 0.265 e. The van der Waals surface area contributed by atoms with E-state index in [1.165, 1.54) is 22.6 Å². The maximum atomic E-state index is 12.5. The molecule has 2 aromatic heterocycles. The number of aromatic nitrogens is 2. The molecule has 2 heterocycles. The van der Waals surface area contributed by atoms with Crippen LogP contribution < -0.4 is 10.0 Å². The molecule has 7 heteroatoms. The molecule has 6 nitrogen and oxygen atoms in total. The SMILES string of the molecule is CCN(c1ccncc1)S(=O)(=O)c1ccc(N)nc1. The summed E-state index contributed by atoms with van der Waals surface area (Å²) in [5.74, 6) is 0.283. The average molecular weight is 278 g/mol. The topological polar surface area (TPSA) is 89.2 Å². The van der Waals surface area contributed by atoms with Crippen LogP contribution in [0.2, 0.25) is 0 Å². The van der Waals surface area contributed by atoms with Crippen LogP contribution in [0.25, 0.3) is 0 Å². The van der Waals surface area contributed by atoms with Crippen LogP contribution in [0.3, 0.4) is 0 Å². The first kappa shape index (κ1) is 13.3. The number of pyridine rings is 2. The molecule has 100 valence electrons. The number of hydrogen-bond acceptors (Lipinski definition) is 5. The van der Waals surface area contributed by atoms with Crippen molar-refractivity contribution in [1.82, 2.24) is 9.97 Å². The molecule has 0 fully saturated rings. The summed E-state index contributed by atoms with van der Waals surface area (Å²) < 4.78 is 26.3. The average Bonchev–Trinajstić information content (AvgIpc) is 2.41. The predicted molar refractivity (Wildman–Crippen MR) is 73.1 cm³/mol. The largest absolute Gasteiger partial charge is 0.384 e. The zero-order valence-corrected chi connectivity index (χ0v) is 11.2. The van der Waals surface area contributed by atoms with Gasteiger partial charge >= 0.3 is 0 Å². The summed E-state index contributed by atoms with van der Waals surface area (Å²) in [6, 6.07) is 6.20. The van der Waals surface area contributed by atoms with E-state index in [0.717, 1.165) is 0 Å². The van der Waals surface area contributed by atoms with E-state index in [-0.39, 0.29) is 10.7 Å². The molecule has 2 N–H and O–H groups in total. The summed E-state index contributed by atoms with van der Waals surface area (Å²) in [5, 5.41) is 0. The van der Waals surface area contributed by atoms with Gasteiger partial charge < -0.3 is 5.73 Å². The fourth-order valence-electron chi connectivity index (χ4n) is 1.67. The molecule has 0 aliphatic rings. The molecule has 0 atom stereocenters. The Morgan fingerprint density at radius 3 is 2.42 bits per heavy atom. The van der Waals surface area contributed by atoms with E-state index in [4.69, 9.17) is 5.73 Å². The molecule has 0 aliphatic heterocycles. The van der Waals surface area contributed by atoms with Gasteiger partial charge in [-0.1, -0.05) is 0 Å². The maximum absolute atomic E-state index is 12.5. The highest BCUT2D eigenvalue weighted by Crippen LogP contribution is 2.22. The van der Waals surface area contributed by atoms with Crippen molar-refractivity contribution < 1.29 is 8.42 Å². The van der Waals surface area contributed by atoms with Gasteiger partial charge in [0.1, 0.15) is 10.7 Å². The molecule has 2 aromatic rings. The van der Waals surface area contributed by atoms with Crippen molar-refractivity contribution >= 4 is 21.5 Å². The molecular formula is C12H14N4O2S. The Balaban J connectivity index is 2.45. The van der Waals surface area contributed by atoms with Crippen molar-refractivity contribution in [3.8, 4) is 0 Å². The second kappa shape index (κ2) is 5.23. The van der Waals surface area contributed by atoms with Gasteiger partial charge in [0.05, 0.1) is 5.69 Å². The molecule has 0 spiro atoms. The van der Waals surface area contributed by atoms with Gasteiger partial charge in [-0.15, -0.1) is 0 Å². The van der Waals surface area contributed by atoms with Crippen LogP contribution in [0.15, 0.2) is 47.8 Å². The smallest absolute Gasteiger partial charge is 0.265 e. The van der Waals surface area contributed by atoms with E-state index < -0.39 is 10.0 Å². The fourth-order valence-corrected chi connectivity index (χ4v) is 3.09. The van der Waals surface area contributed by atoms with Gasteiger partial charge in [0.25, 0.3) is 10.0 Å². The first-order valence-corrected chi connectivity index (χ1v) is 7.14. The van der Waals surface area contributed by atoms with Crippen molar-refractivity contribution in [1.29, 1.82) is 0 Å². The minimum Gasteiger partial charge on any atom is -0.384 e. The van der Waals surface area contributed by atoms with Gasteiger partial charge in [0, 0.05) is 25.1 Å². The highest BCUT2D eigenvalue weighted by Gasteiger charge is 2.23. The van der Waals surface area contributed by atoms with Crippen LogP contribution in [0, 0.1) is 0 Å². The number of nitrogens with two attached hydrogens (primary N) is 1. The van der Waals surface area contributed by atoms with Crippen LogP contribution in [0.1, 0.15) is 6.92 Å². The Bertz CT molecular complexity index is 641. The fraction of sp³-hybridized carbons (Fsp3) is 0.167. The lowest BCUT2D eigenvalue weighted by atomic mass is 10.4. The Morgan fingerprint density at radius 2 is 1.89 bits per heavy atom. The first-order chi connectivity index (χ1) is 9.05. The van der Waals surface area contributed by atoms with Crippen molar-refractivity contribution in [3.63, 3.8) is 0 Å². The van der Waals surface area contributed by atoms with Gasteiger partial charge in [-0.2, -0.15) is 0 Å². The molecule has 0 bridgehead atoms. The van der Waals surface area contributed by atoms with Gasteiger partial charge in [0.2, 0.25) is 0 Å². The molecule has 0 unspecified atom stereocenters. The number of nitrogen functional groups attached to an aromatic ring is 1. The van der Waals surface area contributed by atoms with Crippen LogP contribution in [0.4, 0.5) is 11.5 Å². The molecule has 0 radical (unpaired) electrons. The minimum atomic E-state index is -3.63. The summed E-state index contributed by atoms with van der Waals surface area (Å²) in [4.78, 5) is 7.80. The van der Waals surface area contributed by atoms with E-state index in [2.05, 4.69) is 9.97 Å². The molecule has 2 rings (SSSR count). The molecule has 0 amide bonds. The number of rotatable bonds is 4. The van der Waals surface area contributed by atoms with E-state index >= 15 is 0 Å². The van der Waals surface area contributed by atoms with E-state index in [9.17, 15) is 8.42 Å². The van der Waals surface area contributed by atoms with Crippen molar-refractivity contribution in [3.05, 3.63) is 42.9 Å². The van der Waals surface area contributed by atoms with Gasteiger partial charge in [-0.3, -0.25) is 9.29 Å². The minimum absolute atomic E-state index is 0.111. The third-order valence-corrected chi connectivity index (χ3v) is 4.47. The first-order valence-electron chi connectivity index (χ1n) is 5.70. The number of sulfonamides is 1. The summed E-state index contributed by atoms with van der Waals surface area (Å²) in [7, 11) is -3.63. The third kappa shape index (κ3) is 2.65. The quantitative estimate of drug-likeness (QED) is 0.909. The molecule has 19 heavy (non-hydrogen) atoms. The summed E-state index contributed by atoms with van der Waals surface area (Å²) >= 11 is 0. The monoisotopic (exact) mass is 278 g/mol. The second-order valence-electron chi connectivity index (χ2n) is 3.79.